The van der Waals surface area contributed by atoms with Gasteiger partial charge in [-0.25, -0.2) is 4.98 Å². The first-order valence-corrected chi connectivity index (χ1v) is 7.27. The zero-order chi connectivity index (χ0) is 15.6. The lowest BCUT2D eigenvalue weighted by atomic mass is 10.0. The van der Waals surface area contributed by atoms with Crippen molar-refractivity contribution in [3.05, 3.63) is 66.2 Å². The minimum atomic E-state index is 0.219. The molecule has 112 valence electrons. The number of nitrogens with zero attached hydrogens (tertiary/aromatic N) is 1. The molecule has 0 spiro atoms. The van der Waals surface area contributed by atoms with Crippen molar-refractivity contribution in [2.24, 2.45) is 0 Å². The predicted molar refractivity (Wildman–Crippen MR) is 86.6 cm³/mol. The summed E-state index contributed by atoms with van der Waals surface area (Å²) in [5.41, 5.74) is 3.84. The number of aldehydes is 1. The quantitative estimate of drug-likeness (QED) is 0.687. The second-order valence-corrected chi connectivity index (χ2v) is 5.19. The Morgan fingerprint density at radius 1 is 0.870 bits per heavy atom. The first-order valence-electron chi connectivity index (χ1n) is 7.27. The predicted octanol–water partition coefficient (Wildman–Crippen LogP) is 3.96. The Bertz CT molecular complexity index is 875. The van der Waals surface area contributed by atoms with Gasteiger partial charge in [0.15, 0.2) is 17.8 Å². The maximum atomic E-state index is 11.4. The second-order valence-electron chi connectivity index (χ2n) is 5.19. The van der Waals surface area contributed by atoms with Gasteiger partial charge in [0.05, 0.1) is 11.4 Å². The number of aromatic nitrogens is 1. The summed E-state index contributed by atoms with van der Waals surface area (Å²) in [5, 5.41) is 0. The van der Waals surface area contributed by atoms with E-state index in [9.17, 15) is 4.79 Å². The Kier molecular flexibility index (Phi) is 3.27. The minimum Gasteiger partial charge on any atom is -0.454 e. The van der Waals surface area contributed by atoms with Crippen LogP contribution in [-0.2, 0) is 0 Å². The van der Waals surface area contributed by atoms with Crippen LogP contribution >= 0.6 is 0 Å². The Balaban J connectivity index is 1.85. The largest absolute Gasteiger partial charge is 0.454 e. The second kappa shape index (κ2) is 5.57. The van der Waals surface area contributed by atoms with Crippen LogP contribution in [0.3, 0.4) is 0 Å². The molecule has 0 radical (unpaired) electrons. The maximum Gasteiger partial charge on any atom is 0.231 e. The molecule has 0 unspecified atom stereocenters. The smallest absolute Gasteiger partial charge is 0.231 e. The summed E-state index contributed by atoms with van der Waals surface area (Å²) in [6.07, 6.45) is 0.821. The van der Waals surface area contributed by atoms with Crippen LogP contribution in [0.4, 0.5) is 0 Å². The number of ether oxygens (including phenoxy) is 2. The molecule has 0 saturated heterocycles. The molecule has 23 heavy (non-hydrogen) atoms. The van der Waals surface area contributed by atoms with Crippen LogP contribution in [0.2, 0.25) is 0 Å². The highest BCUT2D eigenvalue weighted by Crippen LogP contribution is 2.36. The summed E-state index contributed by atoms with van der Waals surface area (Å²) in [6, 6.07) is 19.1. The lowest BCUT2D eigenvalue weighted by Gasteiger charge is -2.08. The van der Waals surface area contributed by atoms with Crippen molar-refractivity contribution in [1.82, 2.24) is 4.98 Å². The molecule has 1 aliphatic rings. The van der Waals surface area contributed by atoms with Gasteiger partial charge in [-0.05, 0) is 30.3 Å². The average Bonchev–Trinajstić information content (AvgIpc) is 3.09. The fourth-order valence-electron chi connectivity index (χ4n) is 2.61. The molecule has 0 aliphatic carbocycles. The maximum absolute atomic E-state index is 11.4. The molecule has 0 saturated carbocycles. The lowest BCUT2D eigenvalue weighted by molar-refractivity contribution is 0.112. The first kappa shape index (κ1) is 13.5. The van der Waals surface area contributed by atoms with Crippen molar-refractivity contribution in [2.75, 3.05) is 6.79 Å². The number of fused-ring (bicyclic) bond motifs is 1. The topological polar surface area (TPSA) is 48.4 Å². The Hall–Kier alpha value is -3.14. The van der Waals surface area contributed by atoms with Crippen LogP contribution in [0.1, 0.15) is 10.4 Å². The van der Waals surface area contributed by atoms with Gasteiger partial charge in [0.1, 0.15) is 0 Å². The molecule has 1 aliphatic heterocycles. The molecule has 2 aromatic carbocycles. The summed E-state index contributed by atoms with van der Waals surface area (Å²) in [4.78, 5) is 16.1. The Morgan fingerprint density at radius 3 is 2.52 bits per heavy atom. The normalized spacial score (nSPS) is 12.2. The molecule has 4 heteroatoms. The molecule has 4 rings (SSSR count). The molecule has 4 nitrogen and oxygen atoms in total. The van der Waals surface area contributed by atoms with Gasteiger partial charge < -0.3 is 9.47 Å². The number of benzene rings is 2. The zero-order valence-corrected chi connectivity index (χ0v) is 12.2. The van der Waals surface area contributed by atoms with Gasteiger partial charge in [-0.2, -0.15) is 0 Å². The molecule has 0 bridgehead atoms. The van der Waals surface area contributed by atoms with E-state index in [1.54, 1.807) is 6.07 Å². The van der Waals surface area contributed by atoms with Crippen LogP contribution in [-0.4, -0.2) is 18.1 Å². The fraction of sp³-hybridized carbons (Fsp3) is 0.0526. The van der Waals surface area contributed by atoms with E-state index in [-0.39, 0.29) is 6.79 Å². The molecule has 2 heterocycles. The van der Waals surface area contributed by atoms with E-state index >= 15 is 0 Å². The van der Waals surface area contributed by atoms with E-state index in [1.165, 1.54) is 0 Å². The third kappa shape index (κ3) is 2.44. The van der Waals surface area contributed by atoms with Gasteiger partial charge in [0, 0.05) is 16.7 Å². The molecule has 0 amide bonds. The molecular formula is C19H13NO3. The molecular weight excluding hydrogens is 290 g/mol. The Morgan fingerprint density at radius 2 is 1.70 bits per heavy atom. The van der Waals surface area contributed by atoms with Crippen LogP contribution in [0.25, 0.3) is 22.5 Å². The average molecular weight is 303 g/mol. The zero-order valence-electron chi connectivity index (χ0n) is 12.2. The summed E-state index contributed by atoms with van der Waals surface area (Å²) in [5.74, 6) is 1.38. The van der Waals surface area contributed by atoms with E-state index in [1.807, 2.05) is 54.6 Å². The molecule has 1 aromatic heterocycles. The number of pyridine rings is 1. The number of hydrogen-bond donors (Lipinski definition) is 0. The van der Waals surface area contributed by atoms with Crippen molar-refractivity contribution >= 4 is 6.29 Å². The van der Waals surface area contributed by atoms with Crippen LogP contribution in [0.5, 0.6) is 11.5 Å². The molecule has 0 fully saturated rings. The van der Waals surface area contributed by atoms with Crippen LogP contribution in [0, 0.1) is 0 Å². The first-order chi connectivity index (χ1) is 11.3. The molecule has 3 aromatic rings. The molecule has 0 atom stereocenters. The van der Waals surface area contributed by atoms with Crippen molar-refractivity contribution in [1.29, 1.82) is 0 Å². The van der Waals surface area contributed by atoms with Gasteiger partial charge in [-0.3, -0.25) is 4.79 Å². The SMILES string of the molecule is O=Cc1ccc(-c2ccccc2)nc1-c1ccc2c(c1)OCO2. The van der Waals surface area contributed by atoms with Gasteiger partial charge in [-0.1, -0.05) is 30.3 Å². The van der Waals surface area contributed by atoms with E-state index in [4.69, 9.17) is 9.47 Å². The number of rotatable bonds is 3. The Labute approximate surface area is 133 Å². The summed E-state index contributed by atoms with van der Waals surface area (Å²) in [6.45, 7) is 0.219. The highest BCUT2D eigenvalue weighted by atomic mass is 16.7. The third-order valence-corrected chi connectivity index (χ3v) is 3.77. The monoisotopic (exact) mass is 303 g/mol. The highest BCUT2D eigenvalue weighted by Gasteiger charge is 2.16. The fourth-order valence-corrected chi connectivity index (χ4v) is 2.61. The molecule has 0 N–H and O–H groups in total. The number of hydrogen-bond acceptors (Lipinski definition) is 4. The highest BCUT2D eigenvalue weighted by molar-refractivity contribution is 5.87. The third-order valence-electron chi connectivity index (χ3n) is 3.77. The van der Waals surface area contributed by atoms with Crippen molar-refractivity contribution < 1.29 is 14.3 Å². The van der Waals surface area contributed by atoms with Gasteiger partial charge >= 0.3 is 0 Å². The summed E-state index contributed by atoms with van der Waals surface area (Å²) in [7, 11) is 0. The summed E-state index contributed by atoms with van der Waals surface area (Å²) < 4.78 is 10.7. The van der Waals surface area contributed by atoms with Crippen molar-refractivity contribution in [3.8, 4) is 34.0 Å². The minimum absolute atomic E-state index is 0.219. The van der Waals surface area contributed by atoms with Crippen LogP contribution in [0.15, 0.2) is 60.7 Å². The van der Waals surface area contributed by atoms with E-state index in [0.29, 0.717) is 22.8 Å². The standard InChI is InChI=1S/C19H13NO3/c21-11-15-6-8-16(13-4-2-1-3-5-13)20-19(15)14-7-9-17-18(10-14)23-12-22-17/h1-11H,12H2. The van der Waals surface area contributed by atoms with Crippen molar-refractivity contribution in [2.45, 2.75) is 0 Å². The lowest BCUT2D eigenvalue weighted by Crippen LogP contribution is -1.95. The van der Waals surface area contributed by atoms with E-state index in [2.05, 4.69) is 4.98 Å². The van der Waals surface area contributed by atoms with E-state index < -0.39 is 0 Å². The number of carbonyl (C=O) groups is 1. The van der Waals surface area contributed by atoms with Crippen LogP contribution < -0.4 is 9.47 Å². The van der Waals surface area contributed by atoms with Crippen molar-refractivity contribution in [3.63, 3.8) is 0 Å². The van der Waals surface area contributed by atoms with Gasteiger partial charge in [-0.15, -0.1) is 0 Å². The van der Waals surface area contributed by atoms with Gasteiger partial charge in [0.25, 0.3) is 0 Å². The van der Waals surface area contributed by atoms with E-state index in [0.717, 1.165) is 23.1 Å². The van der Waals surface area contributed by atoms with Gasteiger partial charge in [0.2, 0.25) is 6.79 Å². The number of carbonyl (C=O) groups excluding carboxylic acids is 1. The summed E-state index contributed by atoms with van der Waals surface area (Å²) >= 11 is 0.